The molecule has 208 valence electrons. The third-order valence-corrected chi connectivity index (χ3v) is 7.60. The molecule has 0 saturated carbocycles. The lowest BCUT2D eigenvalue weighted by Crippen LogP contribution is -2.48. The maximum absolute atomic E-state index is 13.1. The van der Waals surface area contributed by atoms with E-state index in [-0.39, 0.29) is 24.2 Å². The molecular formula is C29H29ClN4O6. The molecule has 6 rings (SSSR count). The number of ether oxygens (including phenoxy) is 2. The Kier molecular flexibility index (Phi) is 7.46. The molecule has 2 fully saturated rings. The first-order valence-corrected chi connectivity index (χ1v) is 13.6. The van der Waals surface area contributed by atoms with Gasteiger partial charge < -0.3 is 28.5 Å². The highest BCUT2D eigenvalue weighted by atomic mass is 35.5. The van der Waals surface area contributed by atoms with Gasteiger partial charge in [-0.25, -0.2) is 9.78 Å². The number of amides is 1. The van der Waals surface area contributed by atoms with Crippen molar-refractivity contribution >= 4 is 34.5 Å². The van der Waals surface area contributed by atoms with Gasteiger partial charge in [0.25, 0.3) is 5.91 Å². The number of rotatable bonds is 9. The maximum Gasteiger partial charge on any atom is 0.335 e. The Morgan fingerprint density at radius 1 is 1.05 bits per heavy atom. The van der Waals surface area contributed by atoms with Crippen molar-refractivity contribution in [2.24, 2.45) is 0 Å². The highest BCUT2D eigenvalue weighted by Crippen LogP contribution is 2.24. The number of furan rings is 1. The molecule has 10 nitrogen and oxygen atoms in total. The molecule has 1 amide bonds. The van der Waals surface area contributed by atoms with Gasteiger partial charge in [-0.1, -0.05) is 11.6 Å². The molecular weight excluding hydrogens is 536 g/mol. The van der Waals surface area contributed by atoms with Gasteiger partial charge in [0.05, 0.1) is 35.8 Å². The van der Waals surface area contributed by atoms with Gasteiger partial charge in [-0.05, 0) is 61.0 Å². The summed E-state index contributed by atoms with van der Waals surface area (Å²) in [7, 11) is 0. The van der Waals surface area contributed by atoms with E-state index in [1.54, 1.807) is 59.5 Å². The topological polar surface area (TPSA) is 110 Å². The highest BCUT2D eigenvalue weighted by molar-refractivity contribution is 6.30. The summed E-state index contributed by atoms with van der Waals surface area (Å²) in [5, 5.41) is 10.1. The van der Waals surface area contributed by atoms with Crippen LogP contribution in [0.2, 0.25) is 5.02 Å². The summed E-state index contributed by atoms with van der Waals surface area (Å²) >= 11 is 5.91. The minimum Gasteiger partial charge on any atom is -0.486 e. The fourth-order valence-corrected chi connectivity index (χ4v) is 5.11. The summed E-state index contributed by atoms with van der Waals surface area (Å²) in [6.07, 6.45) is 1.08. The molecule has 0 aliphatic carbocycles. The first-order chi connectivity index (χ1) is 19.4. The zero-order valence-electron chi connectivity index (χ0n) is 21.8. The number of carboxylic acids is 1. The number of imidazole rings is 1. The van der Waals surface area contributed by atoms with Gasteiger partial charge >= 0.3 is 5.97 Å². The number of piperazine rings is 1. The van der Waals surface area contributed by atoms with Crippen molar-refractivity contribution in [3.05, 3.63) is 82.5 Å². The Bertz CT molecular complexity index is 1520. The first kappa shape index (κ1) is 26.4. The second-order valence-corrected chi connectivity index (χ2v) is 10.4. The maximum atomic E-state index is 13.1. The van der Waals surface area contributed by atoms with Gasteiger partial charge in [0.15, 0.2) is 5.76 Å². The molecule has 2 saturated heterocycles. The predicted molar refractivity (Wildman–Crippen MR) is 147 cm³/mol. The lowest BCUT2D eigenvalue weighted by atomic mass is 10.1. The van der Waals surface area contributed by atoms with E-state index in [9.17, 15) is 14.7 Å². The molecule has 2 aromatic heterocycles. The van der Waals surface area contributed by atoms with E-state index in [1.807, 2.05) is 0 Å². The van der Waals surface area contributed by atoms with Crippen molar-refractivity contribution in [3.63, 3.8) is 0 Å². The Morgan fingerprint density at radius 3 is 2.52 bits per heavy atom. The van der Waals surface area contributed by atoms with Crippen LogP contribution < -0.4 is 4.74 Å². The molecule has 0 bridgehead atoms. The summed E-state index contributed by atoms with van der Waals surface area (Å²) in [6.45, 7) is 4.68. The Balaban J connectivity index is 1.07. The largest absolute Gasteiger partial charge is 0.486 e. The van der Waals surface area contributed by atoms with E-state index in [1.165, 1.54) is 0 Å². The SMILES string of the molecule is O=C(O)c1ccc2nc(CN3CCN(C(=O)c4ccc(COc5ccc(Cl)cc5)o4)CC3)n(C[C@@H]3CCO3)c2c1. The summed E-state index contributed by atoms with van der Waals surface area (Å²) in [6, 6.07) is 15.5. The number of fused-ring (bicyclic) bond motifs is 1. The van der Waals surface area contributed by atoms with Crippen molar-refractivity contribution in [1.82, 2.24) is 19.4 Å². The number of nitrogens with zero attached hydrogens (tertiary/aromatic N) is 4. The molecule has 11 heteroatoms. The molecule has 4 heterocycles. The van der Waals surface area contributed by atoms with Crippen molar-refractivity contribution in [1.29, 1.82) is 0 Å². The molecule has 1 atom stereocenters. The third kappa shape index (κ3) is 5.70. The monoisotopic (exact) mass is 564 g/mol. The normalized spacial score (nSPS) is 17.6. The molecule has 0 unspecified atom stereocenters. The average Bonchev–Trinajstić information content (AvgIpc) is 3.54. The standard InChI is InChI=1S/C29H29ClN4O6/c30-20-2-4-21(5-3-20)39-18-23-6-8-26(40-23)28(35)33-12-10-32(11-13-33)17-27-31-24-7-1-19(29(36)37)15-25(24)34(27)16-22-9-14-38-22/h1-8,15,22H,9-14,16-18H2,(H,36,37)/t22-/m0/s1. The number of carboxylic acid groups (broad SMARTS) is 1. The molecule has 0 spiro atoms. The van der Waals surface area contributed by atoms with Crippen molar-refractivity contribution in [2.75, 3.05) is 32.8 Å². The number of benzene rings is 2. The van der Waals surface area contributed by atoms with E-state index in [0.717, 1.165) is 29.9 Å². The van der Waals surface area contributed by atoms with Crippen LogP contribution in [0.3, 0.4) is 0 Å². The van der Waals surface area contributed by atoms with Crippen LogP contribution in [0.25, 0.3) is 11.0 Å². The van der Waals surface area contributed by atoms with Crippen molar-refractivity contribution in [2.45, 2.75) is 32.2 Å². The van der Waals surface area contributed by atoms with Crippen LogP contribution >= 0.6 is 11.6 Å². The van der Waals surface area contributed by atoms with Crippen LogP contribution in [0.5, 0.6) is 5.75 Å². The van der Waals surface area contributed by atoms with E-state index in [4.69, 9.17) is 30.5 Å². The lowest BCUT2D eigenvalue weighted by Gasteiger charge is -2.34. The number of aromatic nitrogens is 2. The Morgan fingerprint density at radius 2 is 1.82 bits per heavy atom. The number of carbonyl (C=O) groups is 2. The molecule has 0 radical (unpaired) electrons. The number of carbonyl (C=O) groups excluding carboxylic acids is 1. The summed E-state index contributed by atoms with van der Waals surface area (Å²) < 4.78 is 19.2. The second-order valence-electron chi connectivity index (χ2n) is 10.0. The van der Waals surface area contributed by atoms with Crippen LogP contribution in [0, 0.1) is 0 Å². The smallest absolute Gasteiger partial charge is 0.335 e. The van der Waals surface area contributed by atoms with Gasteiger partial charge in [-0.15, -0.1) is 0 Å². The zero-order chi connectivity index (χ0) is 27.6. The molecule has 2 aliphatic rings. The van der Waals surface area contributed by atoms with Crippen LogP contribution in [0.1, 0.15) is 38.9 Å². The number of aromatic carboxylic acids is 1. The fraction of sp³-hybridized carbons (Fsp3) is 0.345. The van der Waals surface area contributed by atoms with E-state index < -0.39 is 5.97 Å². The zero-order valence-corrected chi connectivity index (χ0v) is 22.5. The van der Waals surface area contributed by atoms with Crippen LogP contribution in [0.4, 0.5) is 0 Å². The van der Waals surface area contributed by atoms with Gasteiger partial charge in [0, 0.05) is 37.8 Å². The number of hydrogen-bond acceptors (Lipinski definition) is 7. The van der Waals surface area contributed by atoms with E-state index in [2.05, 4.69) is 9.47 Å². The Hall–Kier alpha value is -3.86. The highest BCUT2D eigenvalue weighted by Gasteiger charge is 2.27. The van der Waals surface area contributed by atoms with Crippen molar-refractivity contribution in [3.8, 4) is 5.75 Å². The number of hydrogen-bond donors (Lipinski definition) is 1. The quantitative estimate of drug-likeness (QED) is 0.320. The number of halogens is 1. The van der Waals surface area contributed by atoms with E-state index in [0.29, 0.717) is 61.6 Å². The summed E-state index contributed by atoms with van der Waals surface area (Å²) in [5.74, 6) is 1.28. The molecule has 2 aliphatic heterocycles. The second kappa shape index (κ2) is 11.3. The predicted octanol–water partition coefficient (Wildman–Crippen LogP) is 4.31. The van der Waals surface area contributed by atoms with Gasteiger partial charge in [0.1, 0.15) is 23.9 Å². The lowest BCUT2D eigenvalue weighted by molar-refractivity contribution is -0.0592. The van der Waals surface area contributed by atoms with E-state index >= 15 is 0 Å². The average molecular weight is 565 g/mol. The first-order valence-electron chi connectivity index (χ1n) is 13.3. The van der Waals surface area contributed by atoms with Crippen LogP contribution in [0.15, 0.2) is 59.0 Å². The van der Waals surface area contributed by atoms with Gasteiger partial charge in [-0.2, -0.15) is 0 Å². The summed E-state index contributed by atoms with van der Waals surface area (Å²) in [5.41, 5.74) is 1.80. The molecule has 40 heavy (non-hydrogen) atoms. The molecule has 2 aromatic carbocycles. The molecule has 4 aromatic rings. The minimum absolute atomic E-state index is 0.105. The fourth-order valence-electron chi connectivity index (χ4n) is 4.98. The third-order valence-electron chi connectivity index (χ3n) is 7.35. The van der Waals surface area contributed by atoms with Crippen LogP contribution in [-0.4, -0.2) is 75.2 Å². The summed E-state index contributed by atoms with van der Waals surface area (Å²) in [4.78, 5) is 33.5. The van der Waals surface area contributed by atoms with Crippen molar-refractivity contribution < 1.29 is 28.6 Å². The molecule has 1 N–H and O–H groups in total. The minimum atomic E-state index is -0.963. The van der Waals surface area contributed by atoms with Crippen LogP contribution in [-0.2, 0) is 24.4 Å². The van der Waals surface area contributed by atoms with Gasteiger partial charge in [0.2, 0.25) is 0 Å². The van der Waals surface area contributed by atoms with Gasteiger partial charge in [-0.3, -0.25) is 9.69 Å². The Labute approximate surface area is 235 Å².